The second kappa shape index (κ2) is 10.7. The van der Waals surface area contributed by atoms with Crippen LogP contribution in [0.3, 0.4) is 0 Å². The van der Waals surface area contributed by atoms with E-state index in [0.717, 1.165) is 10.2 Å². The molecule has 4 aromatic rings. The number of carbonyl (C=O) groups excluding carboxylic acids is 2. The number of alkyl halides is 3. The van der Waals surface area contributed by atoms with Gasteiger partial charge in [-0.25, -0.2) is 9.97 Å². The molecule has 0 aliphatic carbocycles. The minimum atomic E-state index is -4.62. The summed E-state index contributed by atoms with van der Waals surface area (Å²) in [7, 11) is 7.34. The molecule has 5 rings (SSSR count). The zero-order valence-corrected chi connectivity index (χ0v) is 24.1. The van der Waals surface area contributed by atoms with E-state index in [-0.39, 0.29) is 23.1 Å². The number of quaternary nitrogens is 1. The minimum Gasteiger partial charge on any atom is -0.337 e. The standard InChI is InChI=1S/C28H32F3N9O2/c1-18-14-19(6-7-20(18)27(42)38-12-10-37(11-13-38)23(41)17-40(3,4)5)34-25-26-33-15-22(39(26)9-8-32-25)21-16-36(2)35-24(21)28(29,30)31/h6-9,14-16H,10-13,17H2,1-5H3/p+1. The summed E-state index contributed by atoms with van der Waals surface area (Å²) in [5.41, 5.74) is 1.42. The van der Waals surface area contributed by atoms with Crippen LogP contribution >= 0.6 is 0 Å². The third-order valence-electron chi connectivity index (χ3n) is 7.05. The highest BCUT2D eigenvalue weighted by atomic mass is 19.4. The molecule has 1 saturated heterocycles. The number of likely N-dealkylation sites (N-methyl/N-ethyl adjacent to an activating group) is 1. The van der Waals surface area contributed by atoms with E-state index < -0.39 is 11.9 Å². The van der Waals surface area contributed by atoms with Crippen molar-refractivity contribution in [2.24, 2.45) is 7.05 Å². The fourth-order valence-corrected chi connectivity index (χ4v) is 5.05. The molecule has 0 atom stereocenters. The van der Waals surface area contributed by atoms with Gasteiger partial charge in [0.25, 0.3) is 11.8 Å². The monoisotopic (exact) mass is 584 g/mol. The van der Waals surface area contributed by atoms with Gasteiger partial charge < -0.3 is 19.6 Å². The zero-order valence-electron chi connectivity index (χ0n) is 24.1. The Hall–Kier alpha value is -4.46. The Balaban J connectivity index is 1.31. The predicted molar refractivity (Wildman–Crippen MR) is 150 cm³/mol. The molecular weight excluding hydrogens is 551 g/mol. The number of nitrogens with zero attached hydrogens (tertiary/aromatic N) is 8. The van der Waals surface area contributed by atoms with Crippen molar-refractivity contribution in [1.29, 1.82) is 0 Å². The fourth-order valence-electron chi connectivity index (χ4n) is 5.05. The Kier molecular flexibility index (Phi) is 7.43. The average Bonchev–Trinajstić information content (AvgIpc) is 3.51. The van der Waals surface area contributed by atoms with Crippen LogP contribution in [-0.2, 0) is 18.0 Å². The Morgan fingerprint density at radius 2 is 1.74 bits per heavy atom. The summed E-state index contributed by atoms with van der Waals surface area (Å²) in [6.07, 6.45) is 1.05. The van der Waals surface area contributed by atoms with Crippen molar-refractivity contribution in [2.45, 2.75) is 13.1 Å². The summed E-state index contributed by atoms with van der Waals surface area (Å²) < 4.78 is 44.0. The summed E-state index contributed by atoms with van der Waals surface area (Å²) in [6.45, 7) is 4.15. The number of nitrogens with one attached hydrogen (secondary N) is 1. The maximum absolute atomic E-state index is 13.6. The maximum atomic E-state index is 13.6. The number of anilines is 2. The summed E-state index contributed by atoms with van der Waals surface area (Å²) in [5, 5.41) is 6.77. The first kappa shape index (κ1) is 29.0. The van der Waals surface area contributed by atoms with Crippen LogP contribution in [0.5, 0.6) is 0 Å². The Labute approximate surface area is 240 Å². The van der Waals surface area contributed by atoms with Crippen LogP contribution in [0.1, 0.15) is 21.6 Å². The maximum Gasteiger partial charge on any atom is 0.435 e. The van der Waals surface area contributed by atoms with Crippen molar-refractivity contribution < 1.29 is 27.2 Å². The highest BCUT2D eigenvalue weighted by Gasteiger charge is 2.38. The predicted octanol–water partition coefficient (Wildman–Crippen LogP) is 3.19. The number of rotatable bonds is 6. The second-order valence-corrected chi connectivity index (χ2v) is 11.5. The van der Waals surface area contributed by atoms with Gasteiger partial charge in [0.15, 0.2) is 23.7 Å². The van der Waals surface area contributed by atoms with E-state index in [2.05, 4.69) is 20.4 Å². The lowest BCUT2D eigenvalue weighted by Gasteiger charge is -2.36. The summed E-state index contributed by atoms with van der Waals surface area (Å²) in [4.78, 5) is 38.1. The van der Waals surface area contributed by atoms with Gasteiger partial charge in [0.05, 0.1) is 38.6 Å². The third-order valence-corrected chi connectivity index (χ3v) is 7.05. The van der Waals surface area contributed by atoms with Gasteiger partial charge in [-0.3, -0.25) is 18.7 Å². The number of amides is 2. The molecule has 1 aliphatic heterocycles. The molecule has 1 N–H and O–H groups in total. The lowest BCUT2D eigenvalue weighted by Crippen LogP contribution is -2.54. The number of halogens is 3. The molecule has 42 heavy (non-hydrogen) atoms. The largest absolute Gasteiger partial charge is 0.435 e. The lowest BCUT2D eigenvalue weighted by atomic mass is 10.1. The molecular formula is C28H33F3N9O2+. The Bertz CT molecular complexity index is 1640. The van der Waals surface area contributed by atoms with Crippen molar-refractivity contribution in [1.82, 2.24) is 33.9 Å². The van der Waals surface area contributed by atoms with Crippen LogP contribution in [0.15, 0.2) is 43.0 Å². The first-order valence-corrected chi connectivity index (χ1v) is 13.4. The molecule has 222 valence electrons. The molecule has 1 aliphatic rings. The molecule has 0 spiro atoms. The Morgan fingerprint density at radius 3 is 2.38 bits per heavy atom. The number of imidazole rings is 1. The van der Waals surface area contributed by atoms with Gasteiger partial charge in [0, 0.05) is 63.1 Å². The van der Waals surface area contributed by atoms with Crippen LogP contribution < -0.4 is 5.32 Å². The molecule has 4 heterocycles. The lowest BCUT2D eigenvalue weighted by molar-refractivity contribution is -0.862. The van der Waals surface area contributed by atoms with Crippen LogP contribution in [0.4, 0.5) is 24.7 Å². The molecule has 11 nitrogen and oxygen atoms in total. The topological polar surface area (TPSA) is 101 Å². The SMILES string of the molecule is Cc1cc(Nc2nccn3c(-c4cn(C)nc4C(F)(F)F)cnc23)ccc1C(=O)N1CCN(C(=O)C[N+](C)(C)C)CC1. The number of benzene rings is 1. The quantitative estimate of drug-likeness (QED) is 0.350. The van der Waals surface area contributed by atoms with E-state index in [1.165, 1.54) is 30.0 Å². The Morgan fingerprint density at radius 1 is 1.05 bits per heavy atom. The molecule has 2 amide bonds. The van der Waals surface area contributed by atoms with Crippen molar-refractivity contribution in [3.8, 4) is 11.3 Å². The van der Waals surface area contributed by atoms with Gasteiger partial charge in [0.1, 0.15) is 0 Å². The van der Waals surface area contributed by atoms with E-state index in [0.29, 0.717) is 59.9 Å². The number of aryl methyl sites for hydroxylation is 2. The highest BCUT2D eigenvalue weighted by Crippen LogP contribution is 2.36. The smallest absolute Gasteiger partial charge is 0.337 e. The molecule has 1 fully saturated rings. The fraction of sp³-hybridized carbons (Fsp3) is 0.393. The van der Waals surface area contributed by atoms with Crippen molar-refractivity contribution in [3.63, 3.8) is 0 Å². The molecule has 3 aromatic heterocycles. The van der Waals surface area contributed by atoms with Crippen molar-refractivity contribution >= 4 is 29.0 Å². The van der Waals surface area contributed by atoms with Crippen LogP contribution in [-0.4, -0.2) is 104 Å². The average molecular weight is 585 g/mol. The third kappa shape index (κ3) is 5.93. The summed E-state index contributed by atoms with van der Waals surface area (Å²) in [5.74, 6) is 0.317. The molecule has 0 unspecified atom stereocenters. The molecule has 0 radical (unpaired) electrons. The van der Waals surface area contributed by atoms with Crippen LogP contribution in [0.25, 0.3) is 16.9 Å². The minimum absolute atomic E-state index is 0.0793. The molecule has 0 bridgehead atoms. The number of carbonyl (C=O) groups is 2. The first-order chi connectivity index (χ1) is 19.7. The zero-order chi connectivity index (χ0) is 30.4. The van der Waals surface area contributed by atoms with Crippen molar-refractivity contribution in [2.75, 3.05) is 59.2 Å². The second-order valence-electron chi connectivity index (χ2n) is 11.5. The van der Waals surface area contributed by atoms with Crippen LogP contribution in [0.2, 0.25) is 0 Å². The van der Waals surface area contributed by atoms with Crippen LogP contribution in [0, 0.1) is 6.92 Å². The van der Waals surface area contributed by atoms with E-state index in [9.17, 15) is 22.8 Å². The van der Waals surface area contributed by atoms with Gasteiger partial charge in [-0.1, -0.05) is 0 Å². The summed E-state index contributed by atoms with van der Waals surface area (Å²) in [6, 6.07) is 5.29. The van der Waals surface area contributed by atoms with E-state index in [1.54, 1.807) is 28.1 Å². The van der Waals surface area contributed by atoms with E-state index >= 15 is 0 Å². The van der Waals surface area contributed by atoms with Gasteiger partial charge in [-0.15, -0.1) is 0 Å². The number of piperazine rings is 1. The van der Waals surface area contributed by atoms with E-state index in [1.807, 2.05) is 34.1 Å². The number of aromatic nitrogens is 5. The van der Waals surface area contributed by atoms with E-state index in [4.69, 9.17) is 0 Å². The summed E-state index contributed by atoms with van der Waals surface area (Å²) >= 11 is 0. The molecule has 14 heteroatoms. The van der Waals surface area contributed by atoms with Gasteiger partial charge in [-0.2, -0.15) is 18.3 Å². The molecule has 0 saturated carbocycles. The first-order valence-electron chi connectivity index (χ1n) is 13.4. The van der Waals surface area contributed by atoms with Gasteiger partial charge >= 0.3 is 6.18 Å². The van der Waals surface area contributed by atoms with Gasteiger partial charge in [-0.05, 0) is 30.7 Å². The van der Waals surface area contributed by atoms with Gasteiger partial charge in [0.2, 0.25) is 0 Å². The molecule has 1 aromatic carbocycles. The number of hydrogen-bond donors (Lipinski definition) is 1. The highest BCUT2D eigenvalue weighted by molar-refractivity contribution is 5.96. The number of fused-ring (bicyclic) bond motifs is 1. The normalized spacial score (nSPS) is 14.5. The van der Waals surface area contributed by atoms with Crippen molar-refractivity contribution in [3.05, 3.63) is 59.8 Å². The number of hydrogen-bond acceptors (Lipinski definition) is 6.